The summed E-state index contributed by atoms with van der Waals surface area (Å²) in [5, 5.41) is 3.04. The average Bonchev–Trinajstić information content (AvgIpc) is 3.08. The number of rotatable bonds is 8. The molecular weight excluding hydrogens is 482 g/mol. The molecule has 0 spiro atoms. The Hall–Kier alpha value is -3.40. The predicted octanol–water partition coefficient (Wildman–Crippen LogP) is 2.71. The third-order valence-corrected chi connectivity index (χ3v) is 8.61. The molecule has 9 nitrogen and oxygen atoms in total. The van der Waals surface area contributed by atoms with E-state index in [0.29, 0.717) is 10.1 Å². The third kappa shape index (κ3) is 5.23. The Bertz CT molecular complexity index is 1240. The number of nitrogens with zero attached hydrogens (tertiary/aromatic N) is 2. The zero-order chi connectivity index (χ0) is 25.9. The SMILES string of the molecule is COc1ccc(CN(C(=O)CN2C(=O)c3ccccc3S2(=O)=O)[C@H](C)C(=O)NC2CCCCC2)cc1. The summed E-state index contributed by atoms with van der Waals surface area (Å²) in [6.07, 6.45) is 5.02. The van der Waals surface area contributed by atoms with E-state index >= 15 is 0 Å². The van der Waals surface area contributed by atoms with E-state index < -0.39 is 34.4 Å². The lowest BCUT2D eigenvalue weighted by Crippen LogP contribution is -2.52. The van der Waals surface area contributed by atoms with Crippen LogP contribution in [0.2, 0.25) is 0 Å². The van der Waals surface area contributed by atoms with Crippen LogP contribution in [0.1, 0.15) is 54.9 Å². The standard InChI is InChI=1S/C26H31N3O6S/c1-18(25(31)27-20-8-4-3-5-9-20)28(16-19-12-14-21(35-2)15-13-19)24(30)17-29-26(32)22-10-6-7-11-23(22)36(29,33)34/h6-7,10-15,18,20H,3-5,8-9,16-17H2,1-2H3,(H,27,31)/t18-/m1/s1. The lowest BCUT2D eigenvalue weighted by atomic mass is 9.95. The number of fused-ring (bicyclic) bond motifs is 1. The number of hydrogen-bond acceptors (Lipinski definition) is 6. The van der Waals surface area contributed by atoms with Crippen LogP contribution >= 0.6 is 0 Å². The number of nitrogens with one attached hydrogen (secondary N) is 1. The lowest BCUT2D eigenvalue weighted by molar-refractivity contribution is -0.140. The molecule has 3 amide bonds. The van der Waals surface area contributed by atoms with Crippen molar-refractivity contribution in [3.05, 3.63) is 59.7 Å². The summed E-state index contributed by atoms with van der Waals surface area (Å²) in [7, 11) is -2.61. The van der Waals surface area contributed by atoms with Gasteiger partial charge in [0.25, 0.3) is 15.9 Å². The van der Waals surface area contributed by atoms with E-state index in [1.807, 2.05) is 0 Å². The lowest BCUT2D eigenvalue weighted by Gasteiger charge is -2.32. The Balaban J connectivity index is 1.56. The van der Waals surface area contributed by atoms with E-state index in [1.165, 1.54) is 23.1 Å². The number of benzene rings is 2. The van der Waals surface area contributed by atoms with Gasteiger partial charge >= 0.3 is 0 Å². The molecule has 36 heavy (non-hydrogen) atoms. The van der Waals surface area contributed by atoms with Crippen molar-refractivity contribution in [1.29, 1.82) is 0 Å². The van der Waals surface area contributed by atoms with Crippen LogP contribution in [0, 0.1) is 0 Å². The molecule has 4 rings (SSSR count). The smallest absolute Gasteiger partial charge is 0.269 e. The van der Waals surface area contributed by atoms with Gasteiger partial charge in [-0.05, 0) is 49.6 Å². The van der Waals surface area contributed by atoms with Crippen LogP contribution in [0.15, 0.2) is 53.4 Å². The first-order valence-electron chi connectivity index (χ1n) is 12.1. The Kier molecular flexibility index (Phi) is 7.63. The van der Waals surface area contributed by atoms with Gasteiger partial charge in [0.2, 0.25) is 11.8 Å². The largest absolute Gasteiger partial charge is 0.497 e. The summed E-state index contributed by atoms with van der Waals surface area (Å²) in [5.74, 6) is -1.04. The summed E-state index contributed by atoms with van der Waals surface area (Å²) in [6, 6.07) is 12.1. The molecule has 1 heterocycles. The first-order valence-corrected chi connectivity index (χ1v) is 13.5. The van der Waals surface area contributed by atoms with Crippen molar-refractivity contribution in [3.63, 3.8) is 0 Å². The molecule has 2 aliphatic rings. The van der Waals surface area contributed by atoms with E-state index in [0.717, 1.165) is 37.7 Å². The maximum atomic E-state index is 13.5. The number of hydrogen-bond donors (Lipinski definition) is 1. The molecule has 10 heteroatoms. The molecule has 192 valence electrons. The van der Waals surface area contributed by atoms with E-state index in [4.69, 9.17) is 4.74 Å². The normalized spacial score (nSPS) is 17.8. The Morgan fingerprint density at radius 2 is 1.75 bits per heavy atom. The van der Waals surface area contributed by atoms with Gasteiger partial charge in [-0.15, -0.1) is 0 Å². The minimum absolute atomic E-state index is 0.0371. The molecule has 0 radical (unpaired) electrons. The minimum atomic E-state index is -4.16. The van der Waals surface area contributed by atoms with Crippen LogP contribution in [0.4, 0.5) is 0 Å². The maximum absolute atomic E-state index is 13.5. The number of sulfonamides is 1. The number of amides is 3. The van der Waals surface area contributed by atoms with Gasteiger partial charge in [-0.2, -0.15) is 0 Å². The van der Waals surface area contributed by atoms with Crippen molar-refractivity contribution in [2.45, 2.75) is 62.6 Å². The van der Waals surface area contributed by atoms with Gasteiger partial charge in [0.1, 0.15) is 23.2 Å². The number of carbonyl (C=O) groups is 3. The van der Waals surface area contributed by atoms with Crippen molar-refractivity contribution in [1.82, 2.24) is 14.5 Å². The molecule has 1 N–H and O–H groups in total. The number of carbonyl (C=O) groups excluding carboxylic acids is 3. The zero-order valence-electron chi connectivity index (χ0n) is 20.5. The van der Waals surface area contributed by atoms with Crippen LogP contribution in [-0.2, 0) is 26.2 Å². The van der Waals surface area contributed by atoms with E-state index in [-0.39, 0.29) is 29.0 Å². The quantitative estimate of drug-likeness (QED) is 0.581. The van der Waals surface area contributed by atoms with Crippen LogP contribution in [0.3, 0.4) is 0 Å². The van der Waals surface area contributed by atoms with Gasteiger partial charge in [0, 0.05) is 12.6 Å². The first kappa shape index (κ1) is 25.7. The highest BCUT2D eigenvalue weighted by Gasteiger charge is 2.43. The average molecular weight is 514 g/mol. The molecule has 0 bridgehead atoms. The molecular formula is C26H31N3O6S. The molecule has 0 unspecified atom stereocenters. The first-order chi connectivity index (χ1) is 17.2. The predicted molar refractivity (Wildman–Crippen MR) is 133 cm³/mol. The van der Waals surface area contributed by atoms with E-state index in [9.17, 15) is 22.8 Å². The minimum Gasteiger partial charge on any atom is -0.497 e. The maximum Gasteiger partial charge on any atom is 0.269 e. The Morgan fingerprint density at radius 3 is 2.39 bits per heavy atom. The van der Waals surface area contributed by atoms with E-state index in [1.54, 1.807) is 44.4 Å². The van der Waals surface area contributed by atoms with E-state index in [2.05, 4.69) is 5.32 Å². The van der Waals surface area contributed by atoms with Crippen LogP contribution in [-0.4, -0.2) is 61.1 Å². The second-order valence-electron chi connectivity index (χ2n) is 9.20. The summed E-state index contributed by atoms with van der Waals surface area (Å²) < 4.78 is 31.8. The van der Waals surface area contributed by atoms with Crippen molar-refractivity contribution >= 4 is 27.7 Å². The van der Waals surface area contributed by atoms with Gasteiger partial charge in [-0.1, -0.05) is 43.5 Å². The molecule has 2 aromatic rings. The highest BCUT2D eigenvalue weighted by atomic mass is 32.2. The Labute approximate surface area is 211 Å². The summed E-state index contributed by atoms with van der Waals surface area (Å²) in [5.41, 5.74) is 0.774. The summed E-state index contributed by atoms with van der Waals surface area (Å²) in [4.78, 5) is 40.7. The van der Waals surface area contributed by atoms with Crippen LogP contribution < -0.4 is 10.1 Å². The second kappa shape index (κ2) is 10.7. The van der Waals surface area contributed by atoms with Crippen LogP contribution in [0.25, 0.3) is 0 Å². The Morgan fingerprint density at radius 1 is 1.08 bits per heavy atom. The molecule has 1 aliphatic heterocycles. The topological polar surface area (TPSA) is 113 Å². The summed E-state index contributed by atoms with van der Waals surface area (Å²) >= 11 is 0. The molecule has 1 aliphatic carbocycles. The molecule has 0 aromatic heterocycles. The number of methoxy groups -OCH3 is 1. The third-order valence-electron chi connectivity index (χ3n) is 6.82. The van der Waals surface area contributed by atoms with Crippen molar-refractivity contribution in [2.24, 2.45) is 0 Å². The number of ether oxygens (including phenoxy) is 1. The highest BCUT2D eigenvalue weighted by molar-refractivity contribution is 7.90. The summed E-state index contributed by atoms with van der Waals surface area (Å²) in [6.45, 7) is 0.999. The highest BCUT2D eigenvalue weighted by Crippen LogP contribution is 2.30. The van der Waals surface area contributed by atoms with Gasteiger partial charge < -0.3 is 15.0 Å². The molecule has 1 atom stereocenters. The van der Waals surface area contributed by atoms with Crippen molar-refractivity contribution in [3.8, 4) is 5.75 Å². The monoisotopic (exact) mass is 513 g/mol. The molecule has 0 saturated heterocycles. The van der Waals surface area contributed by atoms with Gasteiger partial charge in [0.05, 0.1) is 12.7 Å². The van der Waals surface area contributed by atoms with Crippen molar-refractivity contribution in [2.75, 3.05) is 13.7 Å². The fourth-order valence-electron chi connectivity index (χ4n) is 4.68. The van der Waals surface area contributed by atoms with Crippen molar-refractivity contribution < 1.29 is 27.5 Å². The van der Waals surface area contributed by atoms with Crippen LogP contribution in [0.5, 0.6) is 5.75 Å². The second-order valence-corrected chi connectivity index (χ2v) is 11.0. The molecule has 1 saturated carbocycles. The fraction of sp³-hybridized carbons (Fsp3) is 0.423. The molecule has 2 aromatic carbocycles. The fourth-order valence-corrected chi connectivity index (χ4v) is 6.20. The molecule has 1 fully saturated rings. The zero-order valence-corrected chi connectivity index (χ0v) is 21.3. The van der Waals surface area contributed by atoms with Gasteiger partial charge in [0.15, 0.2) is 0 Å². The van der Waals surface area contributed by atoms with Gasteiger partial charge in [-0.25, -0.2) is 12.7 Å². The van der Waals surface area contributed by atoms with Gasteiger partial charge in [-0.3, -0.25) is 14.4 Å².